The van der Waals surface area contributed by atoms with E-state index in [0.29, 0.717) is 6.04 Å². The van der Waals surface area contributed by atoms with Crippen molar-refractivity contribution in [3.8, 4) is 0 Å². The molecule has 3 nitrogen and oxygen atoms in total. The molecule has 1 N–H and O–H groups in total. The van der Waals surface area contributed by atoms with Crippen LogP contribution in [0.4, 0.5) is 5.69 Å². The summed E-state index contributed by atoms with van der Waals surface area (Å²) in [5.74, 6) is 1.29. The van der Waals surface area contributed by atoms with E-state index in [4.69, 9.17) is 0 Å². The predicted octanol–water partition coefficient (Wildman–Crippen LogP) is 5.58. The SMILES string of the molecule is C[C@H]1CC[C@H](Nc2c(C(=O)C3CC3)cnc3ccc(Br)cc23)CC1. The first-order valence-corrected chi connectivity index (χ1v) is 9.80. The molecule has 0 bridgehead atoms. The molecule has 4 rings (SSSR count). The van der Waals surface area contributed by atoms with E-state index in [1.807, 2.05) is 12.1 Å². The van der Waals surface area contributed by atoms with Crippen LogP contribution in [0.25, 0.3) is 10.9 Å². The van der Waals surface area contributed by atoms with Gasteiger partial charge < -0.3 is 5.32 Å². The summed E-state index contributed by atoms with van der Waals surface area (Å²) in [7, 11) is 0. The topological polar surface area (TPSA) is 42.0 Å². The minimum absolute atomic E-state index is 0.211. The van der Waals surface area contributed by atoms with E-state index in [0.717, 1.165) is 45.4 Å². The summed E-state index contributed by atoms with van der Waals surface area (Å²) in [6, 6.07) is 6.55. The van der Waals surface area contributed by atoms with Gasteiger partial charge in [0.05, 0.1) is 16.8 Å². The van der Waals surface area contributed by atoms with Crippen molar-refractivity contribution < 1.29 is 4.79 Å². The Labute approximate surface area is 151 Å². The third-order valence-corrected chi connectivity index (χ3v) is 5.90. The van der Waals surface area contributed by atoms with Crippen LogP contribution in [0.1, 0.15) is 55.8 Å². The number of halogens is 1. The molecule has 4 heteroatoms. The molecule has 0 atom stereocenters. The number of benzene rings is 1. The number of carbonyl (C=O) groups excluding carboxylic acids is 1. The van der Waals surface area contributed by atoms with Gasteiger partial charge in [-0.15, -0.1) is 0 Å². The zero-order valence-corrected chi connectivity index (χ0v) is 15.6. The lowest BCUT2D eigenvalue weighted by Crippen LogP contribution is -2.26. The molecule has 0 unspecified atom stereocenters. The fourth-order valence-electron chi connectivity index (χ4n) is 3.68. The number of nitrogens with one attached hydrogen (secondary N) is 1. The predicted molar refractivity (Wildman–Crippen MR) is 102 cm³/mol. The third kappa shape index (κ3) is 3.21. The summed E-state index contributed by atoms with van der Waals surface area (Å²) < 4.78 is 1.02. The first-order valence-electron chi connectivity index (χ1n) is 9.01. The average molecular weight is 387 g/mol. The fourth-order valence-corrected chi connectivity index (χ4v) is 4.04. The molecule has 24 heavy (non-hydrogen) atoms. The molecule has 0 aliphatic heterocycles. The summed E-state index contributed by atoms with van der Waals surface area (Å²) >= 11 is 3.56. The van der Waals surface area contributed by atoms with Gasteiger partial charge in [0, 0.05) is 28.0 Å². The number of hydrogen-bond donors (Lipinski definition) is 1. The Balaban J connectivity index is 1.75. The van der Waals surface area contributed by atoms with Crippen molar-refractivity contribution >= 4 is 38.3 Å². The zero-order valence-electron chi connectivity index (χ0n) is 14.0. The number of rotatable bonds is 4. The van der Waals surface area contributed by atoms with Gasteiger partial charge in [0.15, 0.2) is 5.78 Å². The highest BCUT2D eigenvalue weighted by molar-refractivity contribution is 9.10. The second-order valence-corrected chi connectivity index (χ2v) is 8.36. The molecule has 2 aliphatic carbocycles. The molecule has 0 amide bonds. The molecular weight excluding hydrogens is 364 g/mol. The van der Waals surface area contributed by atoms with E-state index in [-0.39, 0.29) is 11.7 Å². The van der Waals surface area contributed by atoms with Gasteiger partial charge in [-0.1, -0.05) is 22.9 Å². The first-order chi connectivity index (χ1) is 11.6. The van der Waals surface area contributed by atoms with Gasteiger partial charge in [-0.2, -0.15) is 0 Å². The molecule has 0 spiro atoms. The highest BCUT2D eigenvalue weighted by Crippen LogP contribution is 2.38. The molecule has 0 radical (unpaired) electrons. The minimum Gasteiger partial charge on any atom is -0.381 e. The van der Waals surface area contributed by atoms with Crippen LogP contribution >= 0.6 is 15.9 Å². The number of pyridine rings is 1. The second kappa shape index (κ2) is 6.47. The molecule has 1 heterocycles. The Morgan fingerprint density at radius 1 is 1.17 bits per heavy atom. The van der Waals surface area contributed by atoms with Crippen LogP contribution in [0.15, 0.2) is 28.9 Å². The number of Topliss-reactive ketones (excluding diaryl/α,β-unsaturated/α-hetero) is 1. The number of aromatic nitrogens is 1. The molecule has 2 fully saturated rings. The van der Waals surface area contributed by atoms with E-state index < -0.39 is 0 Å². The van der Waals surface area contributed by atoms with Crippen LogP contribution in [0.2, 0.25) is 0 Å². The van der Waals surface area contributed by atoms with Crippen molar-refractivity contribution in [2.45, 2.75) is 51.5 Å². The molecule has 2 aromatic rings. The van der Waals surface area contributed by atoms with Crippen molar-refractivity contribution in [3.05, 3.63) is 34.4 Å². The molecule has 0 saturated heterocycles. The van der Waals surface area contributed by atoms with Gasteiger partial charge in [0.2, 0.25) is 0 Å². The van der Waals surface area contributed by atoms with Crippen molar-refractivity contribution in [3.63, 3.8) is 0 Å². The van der Waals surface area contributed by atoms with Gasteiger partial charge in [-0.3, -0.25) is 9.78 Å². The lowest BCUT2D eigenvalue weighted by atomic mass is 9.87. The van der Waals surface area contributed by atoms with Gasteiger partial charge in [-0.25, -0.2) is 0 Å². The standard InChI is InChI=1S/C20H23BrN2O/c1-12-2-7-15(8-3-12)23-19-16-10-14(21)6-9-18(16)22-11-17(19)20(24)13-4-5-13/h6,9-13,15H,2-5,7-8H2,1H3,(H,22,23)/t12-,15-. The Bertz CT molecular complexity index is 777. The molecular formula is C20H23BrN2O. The lowest BCUT2D eigenvalue weighted by Gasteiger charge is -2.29. The maximum atomic E-state index is 12.8. The largest absolute Gasteiger partial charge is 0.381 e. The van der Waals surface area contributed by atoms with Gasteiger partial charge in [-0.05, 0) is 62.6 Å². The Kier molecular flexibility index (Phi) is 4.33. The van der Waals surface area contributed by atoms with E-state index in [1.54, 1.807) is 6.20 Å². The molecule has 1 aromatic heterocycles. The maximum absolute atomic E-state index is 12.8. The molecule has 1 aromatic carbocycles. The van der Waals surface area contributed by atoms with Crippen molar-refractivity contribution in [1.82, 2.24) is 4.98 Å². The van der Waals surface area contributed by atoms with E-state index in [1.165, 1.54) is 25.7 Å². The summed E-state index contributed by atoms with van der Waals surface area (Å²) in [5, 5.41) is 4.77. The normalized spacial score (nSPS) is 24.1. The average Bonchev–Trinajstić information content (AvgIpc) is 3.42. The van der Waals surface area contributed by atoms with Crippen LogP contribution in [0, 0.1) is 11.8 Å². The van der Waals surface area contributed by atoms with Crippen molar-refractivity contribution in [2.24, 2.45) is 11.8 Å². The van der Waals surface area contributed by atoms with E-state index in [9.17, 15) is 4.79 Å². The third-order valence-electron chi connectivity index (χ3n) is 5.41. The van der Waals surface area contributed by atoms with E-state index >= 15 is 0 Å². The van der Waals surface area contributed by atoms with Gasteiger partial charge in [0.1, 0.15) is 0 Å². The summed E-state index contributed by atoms with van der Waals surface area (Å²) in [5.41, 5.74) is 2.72. The number of ketones is 1. The lowest BCUT2D eigenvalue weighted by molar-refractivity contribution is 0.0968. The minimum atomic E-state index is 0.211. The van der Waals surface area contributed by atoms with Crippen LogP contribution in [-0.4, -0.2) is 16.8 Å². The van der Waals surface area contributed by atoms with Crippen LogP contribution in [-0.2, 0) is 0 Å². The number of hydrogen-bond acceptors (Lipinski definition) is 3. The van der Waals surface area contributed by atoms with Crippen LogP contribution < -0.4 is 5.32 Å². The molecule has 126 valence electrons. The monoisotopic (exact) mass is 386 g/mol. The number of carbonyl (C=O) groups is 1. The Morgan fingerprint density at radius 2 is 1.92 bits per heavy atom. The smallest absolute Gasteiger partial charge is 0.169 e. The summed E-state index contributed by atoms with van der Waals surface area (Å²) in [6.45, 7) is 2.33. The van der Waals surface area contributed by atoms with Gasteiger partial charge in [0.25, 0.3) is 0 Å². The van der Waals surface area contributed by atoms with Crippen LogP contribution in [0.3, 0.4) is 0 Å². The highest BCUT2D eigenvalue weighted by Gasteiger charge is 2.33. The number of fused-ring (bicyclic) bond motifs is 1. The fraction of sp³-hybridized carbons (Fsp3) is 0.500. The van der Waals surface area contributed by atoms with Crippen LogP contribution in [0.5, 0.6) is 0 Å². The highest BCUT2D eigenvalue weighted by atomic mass is 79.9. The first kappa shape index (κ1) is 16.1. The maximum Gasteiger partial charge on any atom is 0.169 e. The van der Waals surface area contributed by atoms with E-state index in [2.05, 4.69) is 39.2 Å². The molecule has 2 saturated carbocycles. The number of nitrogens with zero attached hydrogens (tertiary/aromatic N) is 1. The summed E-state index contributed by atoms with van der Waals surface area (Å²) in [4.78, 5) is 17.3. The zero-order chi connectivity index (χ0) is 16.7. The Morgan fingerprint density at radius 3 is 2.62 bits per heavy atom. The van der Waals surface area contributed by atoms with Gasteiger partial charge >= 0.3 is 0 Å². The van der Waals surface area contributed by atoms with Crippen molar-refractivity contribution in [1.29, 1.82) is 0 Å². The number of anilines is 1. The quantitative estimate of drug-likeness (QED) is 0.697. The second-order valence-electron chi connectivity index (χ2n) is 7.45. The molecule has 2 aliphatic rings. The Hall–Kier alpha value is -1.42. The summed E-state index contributed by atoms with van der Waals surface area (Å²) in [6.07, 6.45) is 8.70. The van der Waals surface area contributed by atoms with Crippen molar-refractivity contribution in [2.75, 3.05) is 5.32 Å².